The summed E-state index contributed by atoms with van der Waals surface area (Å²) in [5.74, 6) is 0. The molecular formula is C15H14F3NO. The van der Waals surface area contributed by atoms with Gasteiger partial charge >= 0.3 is 6.18 Å². The number of aliphatic hydroxyl groups is 1. The third-order valence-electron chi connectivity index (χ3n) is 3.04. The first kappa shape index (κ1) is 14.5. The highest BCUT2D eigenvalue weighted by Gasteiger charge is 2.31. The van der Waals surface area contributed by atoms with Crippen LogP contribution in [-0.2, 0) is 6.18 Å². The van der Waals surface area contributed by atoms with Crippen molar-refractivity contribution in [3.05, 3.63) is 64.5 Å². The molecule has 0 amide bonds. The standard InChI is InChI=1S/C15H14F3NO/c1-9-6-10(2)13(19-8-9)14(20)11-4-3-5-12(7-11)15(16,17)18/h3-8,14,20H,1-2H3. The minimum Gasteiger partial charge on any atom is -0.382 e. The smallest absolute Gasteiger partial charge is 0.382 e. The Morgan fingerprint density at radius 3 is 2.45 bits per heavy atom. The Labute approximate surface area is 114 Å². The fourth-order valence-corrected chi connectivity index (χ4v) is 2.06. The van der Waals surface area contributed by atoms with E-state index in [-0.39, 0.29) is 5.56 Å². The average Bonchev–Trinajstić information content (AvgIpc) is 2.37. The zero-order valence-corrected chi connectivity index (χ0v) is 11.1. The Morgan fingerprint density at radius 2 is 1.85 bits per heavy atom. The lowest BCUT2D eigenvalue weighted by molar-refractivity contribution is -0.137. The Kier molecular flexibility index (Phi) is 3.81. The molecular weight excluding hydrogens is 267 g/mol. The van der Waals surface area contributed by atoms with Crippen molar-refractivity contribution in [2.75, 3.05) is 0 Å². The molecule has 2 nitrogen and oxygen atoms in total. The van der Waals surface area contributed by atoms with Crippen LogP contribution >= 0.6 is 0 Å². The fourth-order valence-electron chi connectivity index (χ4n) is 2.06. The summed E-state index contributed by atoms with van der Waals surface area (Å²) in [4.78, 5) is 4.11. The lowest BCUT2D eigenvalue weighted by Crippen LogP contribution is -2.09. The monoisotopic (exact) mass is 281 g/mol. The molecule has 0 aliphatic rings. The molecule has 1 atom stereocenters. The maximum atomic E-state index is 12.7. The van der Waals surface area contributed by atoms with Crippen molar-refractivity contribution in [1.29, 1.82) is 0 Å². The number of benzene rings is 1. The van der Waals surface area contributed by atoms with E-state index in [9.17, 15) is 18.3 Å². The predicted molar refractivity (Wildman–Crippen MR) is 69.2 cm³/mol. The van der Waals surface area contributed by atoms with Gasteiger partial charge < -0.3 is 5.11 Å². The van der Waals surface area contributed by atoms with E-state index in [0.29, 0.717) is 5.69 Å². The minimum absolute atomic E-state index is 0.180. The van der Waals surface area contributed by atoms with Crippen LogP contribution in [0.4, 0.5) is 13.2 Å². The number of halogens is 3. The van der Waals surface area contributed by atoms with E-state index >= 15 is 0 Å². The molecule has 1 heterocycles. The largest absolute Gasteiger partial charge is 0.416 e. The highest BCUT2D eigenvalue weighted by atomic mass is 19.4. The first-order valence-electron chi connectivity index (χ1n) is 6.07. The van der Waals surface area contributed by atoms with Gasteiger partial charge in [-0.25, -0.2) is 0 Å². The second kappa shape index (κ2) is 5.25. The first-order chi connectivity index (χ1) is 9.29. The Balaban J connectivity index is 2.41. The first-order valence-corrected chi connectivity index (χ1v) is 6.07. The van der Waals surface area contributed by atoms with Crippen molar-refractivity contribution >= 4 is 0 Å². The predicted octanol–water partition coefficient (Wildman–Crippen LogP) is 3.80. The third-order valence-corrected chi connectivity index (χ3v) is 3.04. The van der Waals surface area contributed by atoms with Gasteiger partial charge in [0.05, 0.1) is 11.3 Å². The van der Waals surface area contributed by atoms with Crippen LogP contribution in [0.25, 0.3) is 0 Å². The number of alkyl halides is 3. The lowest BCUT2D eigenvalue weighted by atomic mass is 10.00. The summed E-state index contributed by atoms with van der Waals surface area (Å²) >= 11 is 0. The van der Waals surface area contributed by atoms with Crippen molar-refractivity contribution in [1.82, 2.24) is 4.98 Å². The maximum absolute atomic E-state index is 12.7. The van der Waals surface area contributed by atoms with Gasteiger partial charge in [0, 0.05) is 6.20 Å². The maximum Gasteiger partial charge on any atom is 0.416 e. The van der Waals surface area contributed by atoms with Gasteiger partial charge in [0.25, 0.3) is 0 Å². The van der Waals surface area contributed by atoms with Crippen LogP contribution in [0, 0.1) is 13.8 Å². The second-order valence-corrected chi connectivity index (χ2v) is 4.74. The molecule has 0 aliphatic heterocycles. The number of hydrogen-bond acceptors (Lipinski definition) is 2. The van der Waals surface area contributed by atoms with Crippen LogP contribution in [0.2, 0.25) is 0 Å². The SMILES string of the molecule is Cc1cnc(C(O)c2cccc(C(F)(F)F)c2)c(C)c1. The van der Waals surface area contributed by atoms with Gasteiger partial charge in [-0.05, 0) is 42.7 Å². The lowest BCUT2D eigenvalue weighted by Gasteiger charge is -2.15. The van der Waals surface area contributed by atoms with E-state index in [2.05, 4.69) is 4.98 Å². The third kappa shape index (κ3) is 2.99. The second-order valence-electron chi connectivity index (χ2n) is 4.74. The molecule has 2 rings (SSSR count). The van der Waals surface area contributed by atoms with Crippen LogP contribution in [0.15, 0.2) is 36.5 Å². The van der Waals surface area contributed by atoms with Gasteiger partial charge in [0.15, 0.2) is 0 Å². The van der Waals surface area contributed by atoms with E-state index in [4.69, 9.17) is 0 Å². The summed E-state index contributed by atoms with van der Waals surface area (Å²) < 4.78 is 38.0. The molecule has 1 aromatic carbocycles. The highest BCUT2D eigenvalue weighted by Crippen LogP contribution is 2.32. The number of hydrogen-bond donors (Lipinski definition) is 1. The Bertz CT molecular complexity index is 623. The van der Waals surface area contributed by atoms with Crippen molar-refractivity contribution < 1.29 is 18.3 Å². The quantitative estimate of drug-likeness (QED) is 0.908. The number of rotatable bonds is 2. The molecule has 106 valence electrons. The molecule has 0 spiro atoms. The normalized spacial score (nSPS) is 13.3. The van der Waals surface area contributed by atoms with E-state index in [1.54, 1.807) is 13.1 Å². The van der Waals surface area contributed by atoms with Gasteiger partial charge in [-0.3, -0.25) is 4.98 Å². The number of aliphatic hydroxyl groups excluding tert-OH is 1. The van der Waals surface area contributed by atoms with E-state index in [1.807, 2.05) is 13.0 Å². The Morgan fingerprint density at radius 1 is 1.15 bits per heavy atom. The van der Waals surface area contributed by atoms with Gasteiger partial charge in [-0.2, -0.15) is 13.2 Å². The summed E-state index contributed by atoms with van der Waals surface area (Å²) in [5, 5.41) is 10.2. The molecule has 20 heavy (non-hydrogen) atoms. The summed E-state index contributed by atoms with van der Waals surface area (Å²) in [6.07, 6.45) is -4.01. The number of aryl methyl sites for hydroxylation is 2. The molecule has 1 aromatic heterocycles. The Hall–Kier alpha value is -1.88. The molecule has 0 aliphatic carbocycles. The number of pyridine rings is 1. The molecule has 1 unspecified atom stereocenters. The summed E-state index contributed by atoms with van der Waals surface area (Å²) in [7, 11) is 0. The summed E-state index contributed by atoms with van der Waals surface area (Å²) in [6, 6.07) is 6.50. The zero-order chi connectivity index (χ0) is 14.9. The van der Waals surface area contributed by atoms with E-state index < -0.39 is 17.8 Å². The van der Waals surface area contributed by atoms with E-state index in [0.717, 1.165) is 23.3 Å². The minimum atomic E-state index is -4.43. The van der Waals surface area contributed by atoms with Crippen LogP contribution in [-0.4, -0.2) is 10.1 Å². The molecule has 5 heteroatoms. The van der Waals surface area contributed by atoms with Crippen LogP contribution in [0.3, 0.4) is 0 Å². The van der Waals surface area contributed by atoms with Gasteiger partial charge in [0.1, 0.15) is 6.10 Å². The van der Waals surface area contributed by atoms with Gasteiger partial charge in [0.2, 0.25) is 0 Å². The molecule has 0 bridgehead atoms. The summed E-state index contributed by atoms with van der Waals surface area (Å²) in [6.45, 7) is 3.63. The molecule has 0 radical (unpaired) electrons. The van der Waals surface area contributed by atoms with Crippen molar-refractivity contribution in [3.8, 4) is 0 Å². The number of nitrogens with zero attached hydrogens (tertiary/aromatic N) is 1. The topological polar surface area (TPSA) is 33.1 Å². The van der Waals surface area contributed by atoms with Crippen molar-refractivity contribution in [2.24, 2.45) is 0 Å². The molecule has 2 aromatic rings. The molecule has 1 N–H and O–H groups in total. The molecule has 0 fully saturated rings. The van der Waals surface area contributed by atoms with Crippen molar-refractivity contribution in [3.63, 3.8) is 0 Å². The van der Waals surface area contributed by atoms with Gasteiger partial charge in [-0.15, -0.1) is 0 Å². The van der Waals surface area contributed by atoms with Crippen LogP contribution in [0.5, 0.6) is 0 Å². The van der Waals surface area contributed by atoms with Gasteiger partial charge in [-0.1, -0.05) is 18.2 Å². The van der Waals surface area contributed by atoms with E-state index in [1.165, 1.54) is 12.1 Å². The van der Waals surface area contributed by atoms with Crippen LogP contribution in [0.1, 0.15) is 34.1 Å². The average molecular weight is 281 g/mol. The van der Waals surface area contributed by atoms with Crippen molar-refractivity contribution in [2.45, 2.75) is 26.1 Å². The zero-order valence-electron chi connectivity index (χ0n) is 11.1. The van der Waals surface area contributed by atoms with Crippen LogP contribution < -0.4 is 0 Å². The summed E-state index contributed by atoms with van der Waals surface area (Å²) in [5.41, 5.74) is 1.45. The highest BCUT2D eigenvalue weighted by molar-refractivity contribution is 5.34. The molecule has 0 saturated heterocycles. The number of aromatic nitrogens is 1. The molecule has 0 saturated carbocycles. The fraction of sp³-hybridized carbons (Fsp3) is 0.267.